The maximum absolute atomic E-state index is 12.8. The van der Waals surface area contributed by atoms with Gasteiger partial charge >= 0.3 is 6.03 Å². The van der Waals surface area contributed by atoms with Crippen molar-refractivity contribution in [1.82, 2.24) is 15.5 Å². The van der Waals surface area contributed by atoms with Gasteiger partial charge in [-0.05, 0) is 37.5 Å². The quantitative estimate of drug-likeness (QED) is 0.769. The molecule has 0 spiro atoms. The number of rotatable bonds is 5. The van der Waals surface area contributed by atoms with Gasteiger partial charge < -0.3 is 5.32 Å². The molecule has 1 atom stereocenters. The molecule has 3 rings (SSSR count). The van der Waals surface area contributed by atoms with E-state index in [-0.39, 0.29) is 5.92 Å². The summed E-state index contributed by atoms with van der Waals surface area (Å²) in [5, 5.41) is 11.5. The van der Waals surface area contributed by atoms with Crippen LogP contribution in [0, 0.1) is 5.92 Å². The van der Waals surface area contributed by atoms with E-state index in [4.69, 9.17) is 0 Å². The average molecular weight is 270 g/mol. The maximum Gasteiger partial charge on any atom is 0.320 e. The van der Waals surface area contributed by atoms with E-state index in [1.165, 1.54) is 0 Å². The molecule has 2 saturated carbocycles. The van der Waals surface area contributed by atoms with Crippen molar-refractivity contribution in [2.24, 2.45) is 5.92 Å². The molecule has 2 amide bonds. The van der Waals surface area contributed by atoms with E-state index in [2.05, 4.69) is 20.8 Å². The number of halogens is 2. The molecular formula is C12H16F2N4O. The fourth-order valence-corrected chi connectivity index (χ4v) is 2.24. The van der Waals surface area contributed by atoms with Gasteiger partial charge in [0.25, 0.3) is 6.43 Å². The van der Waals surface area contributed by atoms with Gasteiger partial charge in [0.1, 0.15) is 5.82 Å². The highest BCUT2D eigenvalue weighted by atomic mass is 19.3. The summed E-state index contributed by atoms with van der Waals surface area (Å²) in [7, 11) is 0. The normalized spacial score (nSPS) is 20.4. The molecule has 1 heterocycles. The monoisotopic (exact) mass is 270 g/mol. The number of H-pyrrole nitrogens is 1. The topological polar surface area (TPSA) is 69.8 Å². The van der Waals surface area contributed by atoms with Crippen LogP contribution in [-0.2, 0) is 0 Å². The van der Waals surface area contributed by atoms with E-state index >= 15 is 0 Å². The van der Waals surface area contributed by atoms with Gasteiger partial charge in [-0.3, -0.25) is 10.4 Å². The van der Waals surface area contributed by atoms with Crippen molar-refractivity contribution in [1.29, 1.82) is 0 Å². The van der Waals surface area contributed by atoms with E-state index in [1.807, 2.05) is 0 Å². The van der Waals surface area contributed by atoms with Crippen LogP contribution >= 0.6 is 0 Å². The lowest BCUT2D eigenvalue weighted by molar-refractivity contribution is 0.0929. The first-order chi connectivity index (χ1) is 9.15. The third-order valence-electron chi connectivity index (χ3n) is 3.62. The minimum atomic E-state index is -2.53. The summed E-state index contributed by atoms with van der Waals surface area (Å²) in [6.07, 6.45) is 2.83. The molecule has 0 unspecified atom stereocenters. The first kappa shape index (κ1) is 12.4. The van der Waals surface area contributed by atoms with Crippen LogP contribution in [0.25, 0.3) is 0 Å². The van der Waals surface area contributed by atoms with Gasteiger partial charge in [0.2, 0.25) is 0 Å². The van der Waals surface area contributed by atoms with Gasteiger partial charge in [-0.2, -0.15) is 5.10 Å². The molecule has 0 aromatic carbocycles. The predicted molar refractivity (Wildman–Crippen MR) is 65.2 cm³/mol. The number of anilines is 1. The molecule has 2 fully saturated rings. The van der Waals surface area contributed by atoms with E-state index < -0.39 is 18.5 Å². The fourth-order valence-electron chi connectivity index (χ4n) is 2.24. The number of hydrogen-bond acceptors (Lipinski definition) is 2. The Balaban J connectivity index is 1.59. The molecule has 7 heteroatoms. The third-order valence-corrected chi connectivity index (χ3v) is 3.62. The minimum absolute atomic E-state index is 0.0876. The molecule has 0 saturated heterocycles. The maximum atomic E-state index is 12.8. The van der Waals surface area contributed by atoms with Crippen molar-refractivity contribution in [2.45, 2.75) is 44.1 Å². The van der Waals surface area contributed by atoms with Crippen molar-refractivity contribution in [2.75, 3.05) is 5.32 Å². The fraction of sp³-hybridized carbons (Fsp3) is 0.667. The second-order valence-electron chi connectivity index (χ2n) is 5.27. The number of aromatic amines is 1. The lowest BCUT2D eigenvalue weighted by Gasteiger charge is -2.17. The molecule has 0 radical (unpaired) electrons. The zero-order chi connectivity index (χ0) is 13.4. The number of carbonyl (C=O) groups excluding carboxylic acids is 1. The predicted octanol–water partition coefficient (Wildman–Crippen LogP) is 2.45. The summed E-state index contributed by atoms with van der Waals surface area (Å²) >= 11 is 0. The Bertz CT molecular complexity index is 466. The van der Waals surface area contributed by atoms with Crippen LogP contribution in [0.3, 0.4) is 0 Å². The number of hydrogen-bond donors (Lipinski definition) is 3. The number of alkyl halides is 2. The Morgan fingerprint density at radius 2 is 2.11 bits per heavy atom. The summed E-state index contributed by atoms with van der Waals surface area (Å²) < 4.78 is 25.6. The van der Waals surface area contributed by atoms with Crippen LogP contribution in [0.4, 0.5) is 19.4 Å². The number of amides is 2. The first-order valence-electron chi connectivity index (χ1n) is 6.54. The summed E-state index contributed by atoms with van der Waals surface area (Å²) in [6.45, 7) is 0. The van der Waals surface area contributed by atoms with Gasteiger partial charge in [0, 0.05) is 5.56 Å². The minimum Gasteiger partial charge on any atom is -0.329 e. The highest BCUT2D eigenvalue weighted by Gasteiger charge is 2.38. The van der Waals surface area contributed by atoms with Gasteiger partial charge in [-0.25, -0.2) is 13.6 Å². The number of urea groups is 1. The van der Waals surface area contributed by atoms with Gasteiger partial charge in [-0.1, -0.05) is 0 Å². The van der Waals surface area contributed by atoms with Crippen LogP contribution in [0.2, 0.25) is 0 Å². The van der Waals surface area contributed by atoms with Crippen molar-refractivity contribution >= 4 is 11.8 Å². The van der Waals surface area contributed by atoms with Crippen molar-refractivity contribution < 1.29 is 13.6 Å². The average Bonchev–Trinajstić information content (AvgIpc) is 3.26. The molecule has 5 nitrogen and oxygen atoms in total. The van der Waals surface area contributed by atoms with Crippen LogP contribution in [-0.4, -0.2) is 28.7 Å². The first-order valence-corrected chi connectivity index (χ1v) is 6.54. The summed E-state index contributed by atoms with van der Waals surface area (Å²) in [5.41, 5.74) is 0.954. The zero-order valence-electron chi connectivity index (χ0n) is 10.3. The van der Waals surface area contributed by atoms with Crippen LogP contribution in [0.15, 0.2) is 6.20 Å². The van der Waals surface area contributed by atoms with Crippen molar-refractivity contribution in [3.63, 3.8) is 0 Å². The SMILES string of the molecule is O=C(Nc1[nH]ncc1C1CC1)N[C@H](C(F)F)C1CC1. The molecule has 2 aliphatic carbocycles. The molecular weight excluding hydrogens is 254 g/mol. The van der Waals surface area contributed by atoms with E-state index in [0.29, 0.717) is 11.7 Å². The van der Waals surface area contributed by atoms with Crippen molar-refractivity contribution in [3.05, 3.63) is 11.8 Å². The zero-order valence-corrected chi connectivity index (χ0v) is 10.3. The Hall–Kier alpha value is -1.66. The number of nitrogens with zero attached hydrogens (tertiary/aromatic N) is 1. The molecule has 104 valence electrons. The third kappa shape index (κ3) is 2.85. The molecule has 1 aromatic heterocycles. The molecule has 0 aliphatic heterocycles. The highest BCUT2D eigenvalue weighted by Crippen LogP contribution is 2.42. The van der Waals surface area contributed by atoms with Gasteiger partial charge in [0.15, 0.2) is 0 Å². The van der Waals surface area contributed by atoms with Crippen LogP contribution in [0.5, 0.6) is 0 Å². The molecule has 2 aliphatic rings. The molecule has 1 aromatic rings. The summed E-state index contributed by atoms with van der Waals surface area (Å²) in [4.78, 5) is 11.7. The number of aromatic nitrogens is 2. The Kier molecular flexibility index (Phi) is 3.12. The Morgan fingerprint density at radius 3 is 2.68 bits per heavy atom. The largest absolute Gasteiger partial charge is 0.329 e. The van der Waals surface area contributed by atoms with Crippen molar-refractivity contribution in [3.8, 4) is 0 Å². The Labute approximate surface area is 109 Å². The van der Waals surface area contributed by atoms with Gasteiger partial charge in [0.05, 0.1) is 12.2 Å². The molecule has 3 N–H and O–H groups in total. The van der Waals surface area contributed by atoms with Gasteiger partial charge in [-0.15, -0.1) is 0 Å². The standard InChI is InChI=1S/C12H16F2N4O/c13-10(14)9(7-3-4-7)16-12(19)17-11-8(5-15-18-11)6-1-2-6/h5-7,9-10H,1-4H2,(H3,15,16,17,18,19)/t9-/m0/s1. The van der Waals surface area contributed by atoms with E-state index in [1.54, 1.807) is 6.20 Å². The second-order valence-corrected chi connectivity index (χ2v) is 5.27. The second kappa shape index (κ2) is 4.79. The number of carbonyl (C=O) groups is 1. The number of nitrogens with one attached hydrogen (secondary N) is 3. The highest BCUT2D eigenvalue weighted by molar-refractivity contribution is 5.89. The van der Waals surface area contributed by atoms with E-state index in [9.17, 15) is 13.6 Å². The lowest BCUT2D eigenvalue weighted by Crippen LogP contribution is -2.43. The molecule has 19 heavy (non-hydrogen) atoms. The van der Waals surface area contributed by atoms with Crippen LogP contribution in [0.1, 0.15) is 37.2 Å². The summed E-state index contributed by atoms with van der Waals surface area (Å²) in [6, 6.07) is -1.64. The summed E-state index contributed by atoms with van der Waals surface area (Å²) in [5.74, 6) is 0.864. The van der Waals surface area contributed by atoms with Crippen LogP contribution < -0.4 is 10.6 Å². The van der Waals surface area contributed by atoms with E-state index in [0.717, 1.165) is 31.2 Å². The lowest BCUT2D eigenvalue weighted by atomic mass is 10.2. The smallest absolute Gasteiger partial charge is 0.320 e. The molecule has 0 bridgehead atoms. The Morgan fingerprint density at radius 1 is 1.37 bits per heavy atom.